The average Bonchev–Trinajstić information content (AvgIpc) is 2.73. The molecular weight excluding hydrogens is 455 g/mol. The summed E-state index contributed by atoms with van der Waals surface area (Å²) in [6.07, 6.45) is 5.87. The molecular formula is C22H21IO4. The molecule has 0 spiro atoms. The van der Waals surface area contributed by atoms with Crippen LogP contribution < -0.4 is 0 Å². The van der Waals surface area contributed by atoms with Crippen LogP contribution in [-0.4, -0.2) is 29.1 Å². The molecule has 4 nitrogen and oxygen atoms in total. The van der Waals surface area contributed by atoms with Crippen LogP contribution in [0.5, 0.6) is 0 Å². The number of ether oxygens (including phenoxy) is 2. The maximum Gasteiger partial charge on any atom is 0.338 e. The highest BCUT2D eigenvalue weighted by Crippen LogP contribution is 2.35. The molecule has 5 heteroatoms. The first-order chi connectivity index (χ1) is 13.1. The molecule has 3 rings (SSSR count). The van der Waals surface area contributed by atoms with Gasteiger partial charge in [0.1, 0.15) is 13.2 Å². The zero-order valence-corrected chi connectivity index (χ0v) is 17.0. The van der Waals surface area contributed by atoms with Crippen LogP contribution in [0.1, 0.15) is 33.6 Å². The molecule has 0 radical (unpaired) electrons. The molecule has 0 saturated heterocycles. The molecule has 2 aromatic rings. The molecule has 0 saturated carbocycles. The van der Waals surface area contributed by atoms with E-state index in [1.165, 1.54) is 0 Å². The maximum absolute atomic E-state index is 12.3. The van der Waals surface area contributed by atoms with E-state index in [4.69, 9.17) is 9.47 Å². The predicted molar refractivity (Wildman–Crippen MR) is 112 cm³/mol. The van der Waals surface area contributed by atoms with Crippen LogP contribution in [0.15, 0.2) is 72.8 Å². The highest BCUT2D eigenvalue weighted by Gasteiger charge is 2.34. The van der Waals surface area contributed by atoms with Crippen LogP contribution in [0.3, 0.4) is 0 Å². The molecule has 0 aromatic heterocycles. The molecule has 0 N–H and O–H groups in total. The quantitative estimate of drug-likeness (QED) is 0.259. The van der Waals surface area contributed by atoms with Gasteiger partial charge >= 0.3 is 11.9 Å². The smallest absolute Gasteiger partial charge is 0.338 e. The van der Waals surface area contributed by atoms with Crippen molar-refractivity contribution in [3.8, 4) is 0 Å². The van der Waals surface area contributed by atoms with E-state index in [9.17, 15) is 9.59 Å². The Balaban J connectivity index is 1.66. The standard InChI is InChI=1S/C22H21IO4/c23-19-11-13-22(14-12-19,15-26-20(24)17-7-3-1-4-8-17)16-27-21(25)18-9-5-2-6-10-18/h1-11,13,19H,12,14-16H2. The van der Waals surface area contributed by atoms with Crippen LogP contribution in [0.2, 0.25) is 0 Å². The molecule has 0 bridgehead atoms. The van der Waals surface area contributed by atoms with Crippen molar-refractivity contribution in [3.05, 3.63) is 83.9 Å². The van der Waals surface area contributed by atoms with Crippen LogP contribution in [0.25, 0.3) is 0 Å². The summed E-state index contributed by atoms with van der Waals surface area (Å²) in [5, 5.41) is 0. The van der Waals surface area contributed by atoms with E-state index in [0.717, 1.165) is 12.8 Å². The van der Waals surface area contributed by atoms with Crippen LogP contribution >= 0.6 is 22.6 Å². The van der Waals surface area contributed by atoms with Crippen molar-refractivity contribution in [1.29, 1.82) is 0 Å². The maximum atomic E-state index is 12.3. The summed E-state index contributed by atoms with van der Waals surface area (Å²) in [5.41, 5.74) is 0.539. The van der Waals surface area contributed by atoms with E-state index in [1.807, 2.05) is 18.2 Å². The highest BCUT2D eigenvalue weighted by molar-refractivity contribution is 14.1. The molecule has 1 aliphatic rings. The van der Waals surface area contributed by atoms with Gasteiger partial charge < -0.3 is 9.47 Å². The molecule has 1 unspecified atom stereocenters. The van der Waals surface area contributed by atoms with E-state index in [0.29, 0.717) is 15.1 Å². The Bertz CT molecular complexity index is 746. The van der Waals surface area contributed by atoms with Gasteiger partial charge in [0.25, 0.3) is 0 Å². The Hall–Kier alpha value is -2.15. The monoisotopic (exact) mass is 476 g/mol. The number of halogens is 1. The number of rotatable bonds is 6. The Kier molecular flexibility index (Phi) is 6.66. The molecule has 0 heterocycles. The third-order valence-corrected chi connectivity index (χ3v) is 5.62. The Morgan fingerprint density at radius 2 is 1.37 bits per heavy atom. The summed E-state index contributed by atoms with van der Waals surface area (Å²) in [7, 11) is 0. The first kappa shape index (κ1) is 19.6. The second-order valence-corrected chi connectivity index (χ2v) is 8.26. The van der Waals surface area contributed by atoms with Crippen LogP contribution in [-0.2, 0) is 9.47 Å². The predicted octanol–water partition coefficient (Wildman–Crippen LogP) is 4.84. The number of hydrogen-bond acceptors (Lipinski definition) is 4. The normalized spacial score (nSPS) is 17.9. The topological polar surface area (TPSA) is 52.6 Å². The number of carbonyl (C=O) groups is 2. The Labute approximate surface area is 172 Å². The van der Waals surface area contributed by atoms with Crippen molar-refractivity contribution in [1.82, 2.24) is 0 Å². The summed E-state index contributed by atoms with van der Waals surface area (Å²) in [4.78, 5) is 24.6. The zero-order valence-electron chi connectivity index (χ0n) is 14.8. The average molecular weight is 476 g/mol. The fourth-order valence-electron chi connectivity index (χ4n) is 2.93. The Morgan fingerprint density at radius 1 is 0.889 bits per heavy atom. The van der Waals surface area contributed by atoms with Gasteiger partial charge in [0.15, 0.2) is 0 Å². The molecule has 140 valence electrons. The van der Waals surface area contributed by atoms with Crippen molar-refractivity contribution in [2.24, 2.45) is 5.41 Å². The van der Waals surface area contributed by atoms with E-state index >= 15 is 0 Å². The second-order valence-electron chi connectivity index (χ2n) is 6.66. The lowest BCUT2D eigenvalue weighted by Crippen LogP contribution is -2.35. The van der Waals surface area contributed by atoms with Crippen molar-refractivity contribution < 1.29 is 19.1 Å². The van der Waals surface area contributed by atoms with Gasteiger partial charge in [-0.2, -0.15) is 0 Å². The number of allylic oxidation sites excluding steroid dienone is 1. The summed E-state index contributed by atoms with van der Waals surface area (Å²) < 4.78 is 11.6. The third kappa shape index (κ3) is 5.42. The largest absolute Gasteiger partial charge is 0.461 e. The molecule has 0 aliphatic heterocycles. The lowest BCUT2D eigenvalue weighted by Gasteiger charge is -2.33. The number of carbonyl (C=O) groups excluding carboxylic acids is 2. The zero-order chi connectivity index (χ0) is 19.1. The fourth-order valence-corrected chi connectivity index (χ4v) is 3.45. The SMILES string of the molecule is O=C(OCC1(COC(=O)c2ccccc2)C=CC(I)CC1)c1ccccc1. The van der Waals surface area contributed by atoms with E-state index in [-0.39, 0.29) is 25.2 Å². The van der Waals surface area contributed by atoms with Gasteiger partial charge in [-0.1, -0.05) is 71.1 Å². The molecule has 0 fully saturated rings. The molecule has 27 heavy (non-hydrogen) atoms. The van der Waals surface area contributed by atoms with Crippen LogP contribution in [0.4, 0.5) is 0 Å². The van der Waals surface area contributed by atoms with Gasteiger partial charge in [0.05, 0.1) is 16.5 Å². The minimum absolute atomic E-state index is 0.183. The summed E-state index contributed by atoms with van der Waals surface area (Å²) in [5.74, 6) is -0.733. The summed E-state index contributed by atoms with van der Waals surface area (Å²) in [6.45, 7) is 0.366. The van der Waals surface area contributed by atoms with E-state index < -0.39 is 5.41 Å². The fraction of sp³-hybridized carbons (Fsp3) is 0.273. The van der Waals surface area contributed by atoms with Gasteiger partial charge in [0, 0.05) is 3.92 Å². The molecule has 1 aliphatic carbocycles. The third-order valence-electron chi connectivity index (χ3n) is 4.58. The van der Waals surface area contributed by atoms with E-state index in [2.05, 4.69) is 28.7 Å². The van der Waals surface area contributed by atoms with E-state index in [1.54, 1.807) is 48.5 Å². The Morgan fingerprint density at radius 3 is 1.78 bits per heavy atom. The number of alkyl halides is 1. The minimum Gasteiger partial charge on any atom is -0.461 e. The molecule has 2 aromatic carbocycles. The number of esters is 2. The van der Waals surface area contributed by atoms with Crippen LogP contribution in [0, 0.1) is 5.41 Å². The van der Waals surface area contributed by atoms with Gasteiger partial charge in [-0.05, 0) is 37.1 Å². The second kappa shape index (κ2) is 9.17. The van der Waals surface area contributed by atoms with Crippen molar-refractivity contribution in [3.63, 3.8) is 0 Å². The molecule has 1 atom stereocenters. The van der Waals surface area contributed by atoms with Gasteiger partial charge in [0.2, 0.25) is 0 Å². The van der Waals surface area contributed by atoms with Gasteiger partial charge in [-0.15, -0.1) is 0 Å². The first-order valence-electron chi connectivity index (χ1n) is 8.86. The lowest BCUT2D eigenvalue weighted by atomic mass is 9.80. The number of hydrogen-bond donors (Lipinski definition) is 0. The van der Waals surface area contributed by atoms with Gasteiger partial charge in [-0.3, -0.25) is 0 Å². The van der Waals surface area contributed by atoms with Crippen molar-refractivity contribution >= 4 is 34.5 Å². The van der Waals surface area contributed by atoms with Crippen molar-refractivity contribution in [2.75, 3.05) is 13.2 Å². The molecule has 0 amide bonds. The first-order valence-corrected chi connectivity index (χ1v) is 10.1. The van der Waals surface area contributed by atoms with Crippen molar-refractivity contribution in [2.45, 2.75) is 16.8 Å². The summed E-state index contributed by atoms with van der Waals surface area (Å²) in [6, 6.07) is 17.8. The summed E-state index contributed by atoms with van der Waals surface area (Å²) >= 11 is 2.37. The van der Waals surface area contributed by atoms with Gasteiger partial charge in [-0.25, -0.2) is 9.59 Å². The lowest BCUT2D eigenvalue weighted by molar-refractivity contribution is 0.00577. The highest BCUT2D eigenvalue weighted by atomic mass is 127. The number of benzene rings is 2. The minimum atomic E-state index is -0.490.